The van der Waals surface area contributed by atoms with Gasteiger partial charge in [0, 0.05) is 12.6 Å². The van der Waals surface area contributed by atoms with Crippen LogP contribution < -0.4 is 10.6 Å². The third-order valence-corrected chi connectivity index (χ3v) is 3.14. The second kappa shape index (κ2) is 4.04. The molecule has 4 heteroatoms. The molecule has 0 amide bonds. The van der Waals surface area contributed by atoms with Crippen LogP contribution in [0.3, 0.4) is 0 Å². The van der Waals surface area contributed by atoms with Crippen molar-refractivity contribution >= 4 is 17.3 Å². The lowest BCUT2D eigenvalue weighted by molar-refractivity contribution is 0.0697. The van der Waals surface area contributed by atoms with Gasteiger partial charge in [-0.2, -0.15) is 0 Å². The molecule has 1 aromatic rings. The van der Waals surface area contributed by atoms with Gasteiger partial charge in [-0.15, -0.1) is 0 Å². The number of hydrogen-bond acceptors (Lipinski definition) is 3. The number of benzene rings is 1. The molecule has 2 rings (SSSR count). The molecule has 1 atom stereocenters. The largest absolute Gasteiger partial charge is 0.478 e. The Morgan fingerprint density at radius 2 is 2.31 bits per heavy atom. The summed E-state index contributed by atoms with van der Waals surface area (Å²) in [5, 5.41) is 9.15. The monoisotopic (exact) mass is 220 g/mol. The van der Waals surface area contributed by atoms with E-state index in [0.29, 0.717) is 23.0 Å². The maximum Gasteiger partial charge on any atom is 0.337 e. The average molecular weight is 220 g/mol. The van der Waals surface area contributed by atoms with E-state index in [9.17, 15) is 4.79 Å². The van der Waals surface area contributed by atoms with Crippen molar-refractivity contribution in [3.63, 3.8) is 0 Å². The summed E-state index contributed by atoms with van der Waals surface area (Å²) < 4.78 is 0. The molecule has 16 heavy (non-hydrogen) atoms. The number of carboxylic acid groups (broad SMARTS) is 1. The fraction of sp³-hybridized carbons (Fsp3) is 0.417. The minimum absolute atomic E-state index is 0.300. The molecule has 1 saturated heterocycles. The van der Waals surface area contributed by atoms with Crippen molar-refractivity contribution in [3.8, 4) is 0 Å². The van der Waals surface area contributed by atoms with E-state index in [-0.39, 0.29) is 0 Å². The Morgan fingerprint density at radius 1 is 1.56 bits per heavy atom. The highest BCUT2D eigenvalue weighted by Crippen LogP contribution is 2.33. The predicted molar refractivity (Wildman–Crippen MR) is 63.9 cm³/mol. The smallest absolute Gasteiger partial charge is 0.337 e. The van der Waals surface area contributed by atoms with Gasteiger partial charge in [-0.1, -0.05) is 6.07 Å². The van der Waals surface area contributed by atoms with Gasteiger partial charge in [-0.05, 0) is 31.9 Å². The fourth-order valence-electron chi connectivity index (χ4n) is 2.32. The molecule has 0 aromatic heterocycles. The van der Waals surface area contributed by atoms with Crippen LogP contribution in [0.5, 0.6) is 0 Å². The molecule has 1 heterocycles. The Labute approximate surface area is 94.7 Å². The van der Waals surface area contributed by atoms with E-state index >= 15 is 0 Å². The van der Waals surface area contributed by atoms with Crippen LogP contribution in [0, 0.1) is 0 Å². The molecule has 0 spiro atoms. The van der Waals surface area contributed by atoms with Crippen molar-refractivity contribution in [1.82, 2.24) is 0 Å². The second-order valence-electron chi connectivity index (χ2n) is 4.23. The summed E-state index contributed by atoms with van der Waals surface area (Å²) in [6, 6.07) is 5.41. The minimum atomic E-state index is -0.915. The number of rotatable bonds is 2. The highest BCUT2D eigenvalue weighted by molar-refractivity contribution is 5.98. The van der Waals surface area contributed by atoms with E-state index in [1.54, 1.807) is 18.2 Å². The molecule has 0 aliphatic carbocycles. The van der Waals surface area contributed by atoms with E-state index in [1.807, 2.05) is 0 Å². The zero-order valence-electron chi connectivity index (χ0n) is 9.31. The first kappa shape index (κ1) is 10.8. The van der Waals surface area contributed by atoms with Crippen molar-refractivity contribution in [2.45, 2.75) is 25.8 Å². The second-order valence-corrected chi connectivity index (χ2v) is 4.23. The molecule has 1 fully saturated rings. The topological polar surface area (TPSA) is 66.6 Å². The average Bonchev–Trinajstić information content (AvgIpc) is 2.64. The lowest BCUT2D eigenvalue weighted by Crippen LogP contribution is -2.29. The molecule has 1 aliphatic rings. The summed E-state index contributed by atoms with van der Waals surface area (Å²) in [5.74, 6) is -0.915. The van der Waals surface area contributed by atoms with Crippen LogP contribution in [0.2, 0.25) is 0 Å². The summed E-state index contributed by atoms with van der Waals surface area (Å²) >= 11 is 0. The Bertz CT molecular complexity index is 417. The van der Waals surface area contributed by atoms with Gasteiger partial charge >= 0.3 is 5.97 Å². The van der Waals surface area contributed by atoms with Gasteiger partial charge in [0.05, 0.1) is 16.9 Å². The normalized spacial score (nSPS) is 20.1. The molecular weight excluding hydrogens is 204 g/mol. The molecule has 0 radical (unpaired) electrons. The van der Waals surface area contributed by atoms with E-state index in [1.165, 1.54) is 0 Å². The zero-order chi connectivity index (χ0) is 11.7. The van der Waals surface area contributed by atoms with Gasteiger partial charge in [-0.3, -0.25) is 0 Å². The standard InChI is InChI=1S/C12H16N2O2/c1-8-4-3-7-14(8)11-9(12(15)16)5-2-6-10(11)13/h2,5-6,8H,3-4,7,13H2,1H3,(H,15,16). The Hall–Kier alpha value is -1.71. The number of para-hydroxylation sites is 1. The number of aromatic carboxylic acids is 1. The Kier molecular flexibility index (Phi) is 2.73. The molecule has 86 valence electrons. The van der Waals surface area contributed by atoms with Crippen molar-refractivity contribution in [3.05, 3.63) is 23.8 Å². The maximum absolute atomic E-state index is 11.2. The number of carboxylic acids is 1. The predicted octanol–water partition coefficient (Wildman–Crippen LogP) is 1.96. The van der Waals surface area contributed by atoms with Crippen LogP contribution in [0.15, 0.2) is 18.2 Å². The van der Waals surface area contributed by atoms with Crippen LogP contribution in [-0.4, -0.2) is 23.7 Å². The number of hydrogen-bond donors (Lipinski definition) is 2. The number of carbonyl (C=O) groups is 1. The van der Waals surface area contributed by atoms with Gasteiger partial charge < -0.3 is 15.7 Å². The van der Waals surface area contributed by atoms with Gasteiger partial charge in [0.15, 0.2) is 0 Å². The third kappa shape index (κ3) is 1.71. The van der Waals surface area contributed by atoms with Crippen LogP contribution in [0.1, 0.15) is 30.1 Å². The van der Waals surface area contributed by atoms with Gasteiger partial charge in [-0.25, -0.2) is 4.79 Å². The highest BCUT2D eigenvalue weighted by atomic mass is 16.4. The minimum Gasteiger partial charge on any atom is -0.478 e. The molecule has 1 aromatic carbocycles. The SMILES string of the molecule is CC1CCCN1c1c(N)cccc1C(=O)O. The van der Waals surface area contributed by atoms with Crippen molar-refractivity contribution < 1.29 is 9.90 Å². The molecular formula is C12H16N2O2. The first-order chi connectivity index (χ1) is 7.61. The summed E-state index contributed by atoms with van der Waals surface area (Å²) in [5.41, 5.74) is 7.43. The fourth-order valence-corrected chi connectivity index (χ4v) is 2.32. The first-order valence-corrected chi connectivity index (χ1v) is 5.49. The summed E-state index contributed by atoms with van der Waals surface area (Å²) in [6.07, 6.45) is 2.18. The lowest BCUT2D eigenvalue weighted by atomic mass is 10.1. The van der Waals surface area contributed by atoms with Crippen LogP contribution in [-0.2, 0) is 0 Å². The number of anilines is 2. The molecule has 1 unspecified atom stereocenters. The summed E-state index contributed by atoms with van der Waals surface area (Å²) in [6.45, 7) is 2.99. The Morgan fingerprint density at radius 3 is 2.88 bits per heavy atom. The maximum atomic E-state index is 11.2. The van der Waals surface area contributed by atoms with Gasteiger partial charge in [0.25, 0.3) is 0 Å². The lowest BCUT2D eigenvalue weighted by Gasteiger charge is -2.26. The van der Waals surface area contributed by atoms with E-state index in [0.717, 1.165) is 19.4 Å². The summed E-state index contributed by atoms with van der Waals surface area (Å²) in [7, 11) is 0. The summed E-state index contributed by atoms with van der Waals surface area (Å²) in [4.78, 5) is 13.3. The first-order valence-electron chi connectivity index (χ1n) is 5.49. The zero-order valence-corrected chi connectivity index (χ0v) is 9.31. The van der Waals surface area contributed by atoms with Crippen LogP contribution in [0.4, 0.5) is 11.4 Å². The molecule has 0 saturated carbocycles. The van der Waals surface area contributed by atoms with Crippen molar-refractivity contribution in [2.75, 3.05) is 17.2 Å². The quantitative estimate of drug-likeness (QED) is 0.748. The number of nitrogen functional groups attached to an aromatic ring is 1. The molecule has 3 N–H and O–H groups in total. The molecule has 0 bridgehead atoms. The van der Waals surface area contributed by atoms with E-state index < -0.39 is 5.97 Å². The number of nitrogens with two attached hydrogens (primary N) is 1. The van der Waals surface area contributed by atoms with Crippen molar-refractivity contribution in [2.24, 2.45) is 0 Å². The van der Waals surface area contributed by atoms with E-state index in [2.05, 4.69) is 11.8 Å². The Balaban J connectivity index is 2.49. The van der Waals surface area contributed by atoms with E-state index in [4.69, 9.17) is 10.8 Å². The van der Waals surface area contributed by atoms with Crippen LogP contribution in [0.25, 0.3) is 0 Å². The third-order valence-electron chi connectivity index (χ3n) is 3.14. The highest BCUT2D eigenvalue weighted by Gasteiger charge is 2.26. The van der Waals surface area contributed by atoms with Crippen LogP contribution >= 0.6 is 0 Å². The number of nitrogens with zero attached hydrogens (tertiary/aromatic N) is 1. The molecule has 1 aliphatic heterocycles. The molecule has 4 nitrogen and oxygen atoms in total. The van der Waals surface area contributed by atoms with Gasteiger partial charge in [0.2, 0.25) is 0 Å². The van der Waals surface area contributed by atoms with Crippen molar-refractivity contribution in [1.29, 1.82) is 0 Å². The van der Waals surface area contributed by atoms with Gasteiger partial charge in [0.1, 0.15) is 0 Å².